The van der Waals surface area contributed by atoms with Crippen molar-refractivity contribution >= 4 is 22.6 Å². The molecule has 0 radical (unpaired) electrons. The lowest BCUT2D eigenvalue weighted by atomic mass is 10.0. The Hall–Kier alpha value is -2.34. The molecular formula is C21H29N3O3. The van der Waals surface area contributed by atoms with Crippen molar-refractivity contribution in [2.45, 2.75) is 58.2 Å². The van der Waals surface area contributed by atoms with E-state index in [1.807, 2.05) is 36.9 Å². The molecule has 2 aromatic rings. The quantitative estimate of drug-likeness (QED) is 0.816. The fourth-order valence-corrected chi connectivity index (χ4v) is 3.74. The first kappa shape index (κ1) is 19.4. The Morgan fingerprint density at radius 1 is 1.30 bits per heavy atom. The summed E-state index contributed by atoms with van der Waals surface area (Å²) >= 11 is 0. The van der Waals surface area contributed by atoms with E-state index in [-0.39, 0.29) is 23.8 Å². The molecule has 1 aromatic carbocycles. The summed E-state index contributed by atoms with van der Waals surface area (Å²) in [5.41, 5.74) is 5.66. The van der Waals surface area contributed by atoms with E-state index in [9.17, 15) is 9.59 Å². The molecule has 27 heavy (non-hydrogen) atoms. The van der Waals surface area contributed by atoms with E-state index in [2.05, 4.69) is 11.4 Å². The molecule has 0 saturated carbocycles. The third kappa shape index (κ3) is 4.16. The summed E-state index contributed by atoms with van der Waals surface area (Å²) in [6, 6.07) is 6.95. The van der Waals surface area contributed by atoms with Crippen molar-refractivity contribution in [2.24, 2.45) is 11.7 Å². The van der Waals surface area contributed by atoms with Crippen molar-refractivity contribution in [2.75, 3.05) is 6.54 Å². The Morgan fingerprint density at radius 3 is 2.74 bits per heavy atom. The number of fused-ring (bicyclic) bond motifs is 1. The zero-order valence-corrected chi connectivity index (χ0v) is 16.3. The summed E-state index contributed by atoms with van der Waals surface area (Å²) in [5.74, 6) is 0.578. The van der Waals surface area contributed by atoms with Gasteiger partial charge in [0.1, 0.15) is 11.8 Å². The second-order valence-electron chi connectivity index (χ2n) is 7.80. The SMILES string of the molecule is CC(C)[C@H](NC(=O)[C@H](C)N)C(=O)N1CCC[C@H]1Cc1occ2ccccc12. The highest BCUT2D eigenvalue weighted by Crippen LogP contribution is 2.28. The second kappa shape index (κ2) is 8.13. The Balaban J connectivity index is 1.76. The van der Waals surface area contributed by atoms with Crippen LogP contribution < -0.4 is 11.1 Å². The number of nitrogens with two attached hydrogens (primary N) is 1. The van der Waals surface area contributed by atoms with E-state index in [0.717, 1.165) is 29.4 Å². The number of rotatable bonds is 6. The maximum atomic E-state index is 13.2. The van der Waals surface area contributed by atoms with Gasteiger partial charge in [0.15, 0.2) is 0 Å². The van der Waals surface area contributed by atoms with Crippen molar-refractivity contribution in [3.05, 3.63) is 36.3 Å². The molecule has 146 valence electrons. The fourth-order valence-electron chi connectivity index (χ4n) is 3.74. The molecule has 1 aliphatic rings. The number of benzene rings is 1. The number of hydrogen-bond acceptors (Lipinski definition) is 4. The van der Waals surface area contributed by atoms with E-state index >= 15 is 0 Å². The van der Waals surface area contributed by atoms with Gasteiger partial charge >= 0.3 is 0 Å². The molecule has 6 nitrogen and oxygen atoms in total. The molecule has 1 fully saturated rings. The van der Waals surface area contributed by atoms with E-state index in [1.165, 1.54) is 0 Å². The van der Waals surface area contributed by atoms with Gasteiger partial charge in [-0.05, 0) is 25.7 Å². The van der Waals surface area contributed by atoms with E-state index in [0.29, 0.717) is 13.0 Å². The fraction of sp³-hybridized carbons (Fsp3) is 0.524. The lowest BCUT2D eigenvalue weighted by Crippen LogP contribution is -2.55. The maximum absolute atomic E-state index is 13.2. The van der Waals surface area contributed by atoms with Crippen molar-refractivity contribution in [3.8, 4) is 0 Å². The number of carbonyl (C=O) groups excluding carboxylic acids is 2. The van der Waals surface area contributed by atoms with Crippen LogP contribution in [0.5, 0.6) is 0 Å². The summed E-state index contributed by atoms with van der Waals surface area (Å²) in [6.07, 6.45) is 4.35. The zero-order valence-electron chi connectivity index (χ0n) is 16.3. The normalized spacial score (nSPS) is 19.4. The van der Waals surface area contributed by atoms with Crippen LogP contribution in [0.25, 0.3) is 10.8 Å². The Bertz CT molecular complexity index is 812. The topological polar surface area (TPSA) is 88.6 Å². The smallest absolute Gasteiger partial charge is 0.245 e. The standard InChI is InChI=1S/C21H29N3O3/c1-13(2)19(23-20(25)14(3)22)21(26)24-10-6-8-16(24)11-18-17-9-5-4-7-15(17)12-27-18/h4-5,7,9,12-14,16,19H,6,8,10-11,22H2,1-3H3,(H,23,25)/t14-,16-,19-/m0/s1. The highest BCUT2D eigenvalue weighted by atomic mass is 16.3. The van der Waals surface area contributed by atoms with Gasteiger partial charge in [-0.3, -0.25) is 9.59 Å². The molecule has 2 amide bonds. The summed E-state index contributed by atoms with van der Waals surface area (Å²) in [4.78, 5) is 27.1. The van der Waals surface area contributed by atoms with E-state index in [4.69, 9.17) is 10.2 Å². The van der Waals surface area contributed by atoms with Crippen LogP contribution in [0.2, 0.25) is 0 Å². The molecule has 2 heterocycles. The lowest BCUT2D eigenvalue weighted by Gasteiger charge is -2.31. The minimum atomic E-state index is -0.636. The lowest BCUT2D eigenvalue weighted by molar-refractivity contribution is -0.138. The molecule has 3 atom stereocenters. The molecule has 6 heteroatoms. The third-order valence-corrected chi connectivity index (χ3v) is 5.31. The van der Waals surface area contributed by atoms with Gasteiger partial charge in [-0.15, -0.1) is 0 Å². The minimum absolute atomic E-state index is 0.00843. The molecule has 0 aliphatic carbocycles. The van der Waals surface area contributed by atoms with Gasteiger partial charge in [-0.25, -0.2) is 0 Å². The first-order chi connectivity index (χ1) is 12.9. The van der Waals surface area contributed by atoms with Crippen LogP contribution in [0.1, 0.15) is 39.4 Å². The molecule has 0 unspecified atom stereocenters. The van der Waals surface area contributed by atoms with Crippen molar-refractivity contribution in [1.29, 1.82) is 0 Å². The van der Waals surface area contributed by atoms with Gasteiger partial charge in [0, 0.05) is 29.8 Å². The highest BCUT2D eigenvalue weighted by Gasteiger charge is 2.36. The number of amides is 2. The van der Waals surface area contributed by atoms with Gasteiger partial charge in [0.2, 0.25) is 11.8 Å². The van der Waals surface area contributed by atoms with Gasteiger partial charge in [-0.2, -0.15) is 0 Å². The molecule has 3 N–H and O–H groups in total. The van der Waals surface area contributed by atoms with Crippen LogP contribution in [-0.4, -0.2) is 41.4 Å². The van der Waals surface area contributed by atoms with Crippen LogP contribution in [0.4, 0.5) is 0 Å². The largest absolute Gasteiger partial charge is 0.468 e. The van der Waals surface area contributed by atoms with Crippen LogP contribution >= 0.6 is 0 Å². The van der Waals surface area contributed by atoms with Crippen LogP contribution in [0, 0.1) is 5.92 Å². The first-order valence-electron chi connectivity index (χ1n) is 9.70. The van der Waals surface area contributed by atoms with Crippen LogP contribution in [0.15, 0.2) is 34.9 Å². The van der Waals surface area contributed by atoms with Crippen molar-refractivity contribution < 1.29 is 14.0 Å². The summed E-state index contributed by atoms with van der Waals surface area (Å²) in [7, 11) is 0. The molecule has 3 rings (SSSR count). The number of nitrogens with zero attached hydrogens (tertiary/aromatic N) is 1. The average Bonchev–Trinajstić information content (AvgIpc) is 3.26. The highest BCUT2D eigenvalue weighted by molar-refractivity contribution is 5.90. The number of nitrogens with one attached hydrogen (secondary N) is 1. The van der Waals surface area contributed by atoms with Gasteiger partial charge < -0.3 is 20.4 Å². The van der Waals surface area contributed by atoms with Gasteiger partial charge in [0.05, 0.1) is 12.3 Å². The second-order valence-corrected chi connectivity index (χ2v) is 7.80. The van der Waals surface area contributed by atoms with Gasteiger partial charge in [0.25, 0.3) is 0 Å². The van der Waals surface area contributed by atoms with Gasteiger partial charge in [-0.1, -0.05) is 38.1 Å². The number of carbonyl (C=O) groups is 2. The maximum Gasteiger partial charge on any atom is 0.245 e. The molecule has 1 aliphatic heterocycles. The summed E-state index contributed by atoms with van der Waals surface area (Å²) in [5, 5.41) is 5.00. The molecule has 0 spiro atoms. The van der Waals surface area contributed by atoms with Crippen LogP contribution in [0.3, 0.4) is 0 Å². The third-order valence-electron chi connectivity index (χ3n) is 5.31. The predicted molar refractivity (Wildman–Crippen MR) is 105 cm³/mol. The Kier molecular flexibility index (Phi) is 5.85. The zero-order chi connectivity index (χ0) is 19.6. The summed E-state index contributed by atoms with van der Waals surface area (Å²) < 4.78 is 5.78. The minimum Gasteiger partial charge on any atom is -0.468 e. The van der Waals surface area contributed by atoms with Crippen LogP contribution in [-0.2, 0) is 16.0 Å². The Morgan fingerprint density at radius 2 is 2.04 bits per heavy atom. The predicted octanol–water partition coefficient (Wildman–Crippen LogP) is 2.45. The number of hydrogen-bond donors (Lipinski definition) is 2. The number of furan rings is 1. The van der Waals surface area contributed by atoms with Crippen molar-refractivity contribution in [3.63, 3.8) is 0 Å². The molecule has 1 saturated heterocycles. The molecule has 0 bridgehead atoms. The van der Waals surface area contributed by atoms with E-state index < -0.39 is 12.1 Å². The monoisotopic (exact) mass is 371 g/mol. The summed E-state index contributed by atoms with van der Waals surface area (Å²) in [6.45, 7) is 6.21. The molecular weight excluding hydrogens is 342 g/mol. The first-order valence-corrected chi connectivity index (χ1v) is 9.70. The number of likely N-dealkylation sites (tertiary alicyclic amines) is 1. The van der Waals surface area contributed by atoms with Crippen molar-refractivity contribution in [1.82, 2.24) is 10.2 Å². The average molecular weight is 371 g/mol. The Labute approximate surface area is 160 Å². The molecule has 1 aromatic heterocycles. The van der Waals surface area contributed by atoms with E-state index in [1.54, 1.807) is 13.2 Å².